The molecule has 1 atom stereocenters. The van der Waals surface area contributed by atoms with Gasteiger partial charge in [-0.2, -0.15) is 0 Å². The first-order chi connectivity index (χ1) is 12.7. The van der Waals surface area contributed by atoms with E-state index < -0.39 is 0 Å². The number of hydrogen-bond donors (Lipinski definition) is 1. The number of ether oxygens (including phenoxy) is 1. The Morgan fingerprint density at radius 3 is 2.46 bits per heavy atom. The quantitative estimate of drug-likeness (QED) is 0.626. The third-order valence-electron chi connectivity index (χ3n) is 4.36. The molecule has 0 radical (unpaired) electrons. The maximum atomic E-state index is 6.03. The molecule has 2 aromatic carbocycles. The molecule has 1 heterocycles. The number of benzene rings is 2. The van der Waals surface area contributed by atoms with E-state index in [4.69, 9.17) is 9.15 Å². The summed E-state index contributed by atoms with van der Waals surface area (Å²) >= 11 is 0. The van der Waals surface area contributed by atoms with Gasteiger partial charge in [0.15, 0.2) is 0 Å². The van der Waals surface area contributed by atoms with Crippen molar-refractivity contribution in [1.82, 2.24) is 10.2 Å². The Bertz CT molecular complexity index is 770. The van der Waals surface area contributed by atoms with E-state index in [2.05, 4.69) is 42.5 Å². The molecule has 0 amide bonds. The van der Waals surface area contributed by atoms with Gasteiger partial charge in [-0.25, -0.2) is 0 Å². The lowest BCUT2D eigenvalue weighted by atomic mass is 10.1. The zero-order valence-corrected chi connectivity index (χ0v) is 15.4. The van der Waals surface area contributed by atoms with Gasteiger partial charge in [-0.05, 0) is 37.9 Å². The van der Waals surface area contributed by atoms with Crippen LogP contribution < -0.4 is 10.1 Å². The Balaban J connectivity index is 1.58. The van der Waals surface area contributed by atoms with Gasteiger partial charge in [0.2, 0.25) is 0 Å². The lowest BCUT2D eigenvalue weighted by Gasteiger charge is -2.23. The number of para-hydroxylation sites is 1. The Hall–Kier alpha value is -2.56. The van der Waals surface area contributed by atoms with Crippen LogP contribution in [0, 0.1) is 0 Å². The van der Waals surface area contributed by atoms with Crippen molar-refractivity contribution >= 4 is 0 Å². The van der Waals surface area contributed by atoms with Crippen molar-refractivity contribution in [3.05, 3.63) is 89.9 Å². The van der Waals surface area contributed by atoms with Crippen LogP contribution in [0.1, 0.15) is 22.9 Å². The normalized spacial score (nSPS) is 12.3. The van der Waals surface area contributed by atoms with Crippen LogP contribution in [0.5, 0.6) is 5.75 Å². The van der Waals surface area contributed by atoms with E-state index in [1.165, 1.54) is 5.56 Å². The number of hydrogen-bond acceptors (Lipinski definition) is 4. The van der Waals surface area contributed by atoms with Crippen molar-refractivity contribution in [1.29, 1.82) is 0 Å². The first kappa shape index (κ1) is 18.2. The van der Waals surface area contributed by atoms with Gasteiger partial charge in [-0.15, -0.1) is 0 Å². The molecule has 26 heavy (non-hydrogen) atoms. The van der Waals surface area contributed by atoms with Crippen LogP contribution in [0.4, 0.5) is 0 Å². The van der Waals surface area contributed by atoms with Crippen molar-refractivity contribution in [2.45, 2.75) is 19.2 Å². The highest BCUT2D eigenvalue weighted by Crippen LogP contribution is 2.21. The lowest BCUT2D eigenvalue weighted by molar-refractivity contribution is 0.249. The van der Waals surface area contributed by atoms with Gasteiger partial charge in [0.05, 0.1) is 12.3 Å². The smallest absolute Gasteiger partial charge is 0.124 e. The lowest BCUT2D eigenvalue weighted by Crippen LogP contribution is -2.30. The predicted molar refractivity (Wildman–Crippen MR) is 104 cm³/mol. The predicted octanol–water partition coefficient (Wildman–Crippen LogP) is 4.25. The second kappa shape index (κ2) is 9.22. The molecule has 4 nitrogen and oxygen atoms in total. The van der Waals surface area contributed by atoms with E-state index in [-0.39, 0.29) is 6.04 Å². The molecule has 0 saturated heterocycles. The first-order valence-corrected chi connectivity index (χ1v) is 8.89. The molecule has 1 unspecified atom stereocenters. The summed E-state index contributed by atoms with van der Waals surface area (Å²) in [7, 11) is 4.12. The van der Waals surface area contributed by atoms with E-state index in [0.717, 1.165) is 30.2 Å². The van der Waals surface area contributed by atoms with Crippen LogP contribution in [-0.2, 0) is 13.2 Å². The molecule has 0 aliphatic rings. The molecule has 1 N–H and O–H groups in total. The fourth-order valence-corrected chi connectivity index (χ4v) is 2.89. The van der Waals surface area contributed by atoms with E-state index >= 15 is 0 Å². The molecule has 0 aliphatic carbocycles. The SMILES string of the molecule is CN(C)C(CNCc1ccccc1OCc1ccccc1)c1ccco1. The Morgan fingerprint density at radius 1 is 0.962 bits per heavy atom. The molecule has 4 heteroatoms. The summed E-state index contributed by atoms with van der Waals surface area (Å²) in [5.74, 6) is 1.89. The Morgan fingerprint density at radius 2 is 1.73 bits per heavy atom. The second-order valence-electron chi connectivity index (χ2n) is 6.51. The highest BCUT2D eigenvalue weighted by molar-refractivity contribution is 5.33. The summed E-state index contributed by atoms with van der Waals surface area (Å²) in [5, 5.41) is 3.53. The number of furan rings is 1. The largest absolute Gasteiger partial charge is 0.489 e. The molecular weight excluding hydrogens is 324 g/mol. The summed E-state index contributed by atoms with van der Waals surface area (Å²) in [6.07, 6.45) is 1.72. The molecule has 136 valence electrons. The maximum Gasteiger partial charge on any atom is 0.124 e. The standard InChI is InChI=1S/C22H26N2O2/c1-24(2)20(22-13-8-14-25-22)16-23-15-19-11-6-7-12-21(19)26-17-18-9-4-3-5-10-18/h3-14,20,23H,15-17H2,1-2H3. The van der Waals surface area contributed by atoms with Crippen molar-refractivity contribution in [2.75, 3.05) is 20.6 Å². The molecule has 3 rings (SSSR count). The molecule has 0 fully saturated rings. The second-order valence-corrected chi connectivity index (χ2v) is 6.51. The molecule has 0 aliphatic heterocycles. The van der Waals surface area contributed by atoms with Crippen molar-refractivity contribution in [3.63, 3.8) is 0 Å². The van der Waals surface area contributed by atoms with Crippen molar-refractivity contribution < 1.29 is 9.15 Å². The Kier molecular flexibility index (Phi) is 6.47. The monoisotopic (exact) mass is 350 g/mol. The molecular formula is C22H26N2O2. The van der Waals surface area contributed by atoms with Gasteiger partial charge in [0, 0.05) is 18.7 Å². The van der Waals surface area contributed by atoms with Gasteiger partial charge in [0.25, 0.3) is 0 Å². The van der Waals surface area contributed by atoms with Crippen LogP contribution in [0.2, 0.25) is 0 Å². The zero-order valence-electron chi connectivity index (χ0n) is 15.4. The van der Waals surface area contributed by atoms with Gasteiger partial charge in [-0.1, -0.05) is 48.5 Å². The van der Waals surface area contributed by atoms with Gasteiger partial charge >= 0.3 is 0 Å². The first-order valence-electron chi connectivity index (χ1n) is 8.89. The molecule has 0 bridgehead atoms. The zero-order chi connectivity index (χ0) is 18.2. The van der Waals surface area contributed by atoms with Crippen LogP contribution in [-0.4, -0.2) is 25.5 Å². The molecule has 1 aromatic heterocycles. The summed E-state index contributed by atoms with van der Waals surface area (Å²) in [6.45, 7) is 2.12. The minimum absolute atomic E-state index is 0.197. The third-order valence-corrected chi connectivity index (χ3v) is 4.36. The fourth-order valence-electron chi connectivity index (χ4n) is 2.89. The van der Waals surface area contributed by atoms with E-state index in [0.29, 0.717) is 6.61 Å². The Labute approximate surface area is 155 Å². The summed E-state index contributed by atoms with van der Waals surface area (Å²) < 4.78 is 11.6. The minimum atomic E-state index is 0.197. The highest BCUT2D eigenvalue weighted by atomic mass is 16.5. The van der Waals surface area contributed by atoms with E-state index in [1.807, 2.05) is 48.5 Å². The van der Waals surface area contributed by atoms with Crippen LogP contribution >= 0.6 is 0 Å². The maximum absolute atomic E-state index is 6.03. The summed E-state index contributed by atoms with van der Waals surface area (Å²) in [5.41, 5.74) is 2.32. The molecule has 3 aromatic rings. The average Bonchev–Trinajstić information content (AvgIpc) is 3.19. The van der Waals surface area contributed by atoms with E-state index in [1.54, 1.807) is 6.26 Å². The van der Waals surface area contributed by atoms with E-state index in [9.17, 15) is 0 Å². The number of nitrogens with zero attached hydrogens (tertiary/aromatic N) is 1. The van der Waals surface area contributed by atoms with Gasteiger partial charge < -0.3 is 14.5 Å². The van der Waals surface area contributed by atoms with Crippen molar-refractivity contribution in [3.8, 4) is 5.75 Å². The average molecular weight is 350 g/mol. The van der Waals surface area contributed by atoms with Crippen LogP contribution in [0.3, 0.4) is 0 Å². The van der Waals surface area contributed by atoms with Crippen molar-refractivity contribution in [2.24, 2.45) is 0 Å². The molecule has 0 saturated carbocycles. The summed E-state index contributed by atoms with van der Waals surface area (Å²) in [4.78, 5) is 2.16. The van der Waals surface area contributed by atoms with Gasteiger partial charge in [0.1, 0.15) is 18.1 Å². The number of likely N-dealkylation sites (N-methyl/N-ethyl adjacent to an activating group) is 1. The fraction of sp³-hybridized carbons (Fsp3) is 0.273. The number of rotatable bonds is 9. The highest BCUT2D eigenvalue weighted by Gasteiger charge is 2.16. The summed E-state index contributed by atoms with van der Waals surface area (Å²) in [6, 6.07) is 22.5. The number of nitrogens with one attached hydrogen (secondary N) is 1. The van der Waals surface area contributed by atoms with Crippen LogP contribution in [0.25, 0.3) is 0 Å². The molecule has 0 spiro atoms. The minimum Gasteiger partial charge on any atom is -0.489 e. The van der Waals surface area contributed by atoms with Gasteiger partial charge in [-0.3, -0.25) is 4.90 Å². The van der Waals surface area contributed by atoms with Crippen LogP contribution in [0.15, 0.2) is 77.4 Å². The topological polar surface area (TPSA) is 37.6 Å². The third kappa shape index (κ3) is 4.97.